The van der Waals surface area contributed by atoms with Crippen LogP contribution in [-0.2, 0) is 43.1 Å². The quantitative estimate of drug-likeness (QED) is 0.120. The van der Waals surface area contributed by atoms with Crippen LogP contribution < -0.4 is 18.9 Å². The Kier molecular flexibility index (Phi) is 21.7. The number of rotatable bonds is 8. The SMILES string of the molecule is C#Cc1cc(Cl)c(C2C(=O)C3CCC(C3)C2=O)c(OC)c1.C#Cc1cc(Cl)c(C2C(=O)CC3(CCOCC3)CC2=O)c(OC)c1.C#Cc1cc(Cl)c(C2C(=O)CCCC2=O)c(OC)c1.CCC#Cc1cc(Cl)c(C2C(=O)C3CCC(C3)C2=O)c(OC)c1. The largest absolute Gasteiger partial charge is 0.496 e. The van der Waals surface area contributed by atoms with Crippen LogP contribution in [0.5, 0.6) is 23.0 Å². The second-order valence-electron chi connectivity index (χ2n) is 22.8. The van der Waals surface area contributed by atoms with E-state index in [1.165, 1.54) is 28.4 Å². The molecule has 7 fully saturated rings. The maximum absolute atomic E-state index is 12.8. The topological polar surface area (TPSA) is 183 Å². The fraction of sp³-hybridized carbons (Fsp3) is 0.429. The van der Waals surface area contributed by atoms with E-state index in [2.05, 4.69) is 29.6 Å². The number of Topliss-reactive ketones (excluding diaryl/α,β-unsaturated/α-hetero) is 8. The van der Waals surface area contributed by atoms with Crippen molar-refractivity contribution in [1.29, 1.82) is 0 Å². The third kappa shape index (κ3) is 13.9. The van der Waals surface area contributed by atoms with Crippen molar-refractivity contribution in [2.24, 2.45) is 29.1 Å². The standard InChI is InChI=1S/C19H19ClO4.C19H19ClO3.C17H15ClO3.C15H13ClO3/c1-3-12-8-13(20)17(16(9-12)23-2)18-14(21)10-19(11-15(18)22)4-6-24-7-5-19;1-3-4-5-11-8-14(20)16(15(9-11)23-2)17-18(21)12-6-7-13(10-12)19(17)22;1-3-9-6-12(18)14(13(7-9)21-2)15-16(19)10-4-5-11(8-10)17(15)20;1-3-9-7-10(16)14(13(8-9)19-2)15-11(17)5-4-6-12(15)18/h1,8-9,18H,4-7,10-11H2,2H3;8-9,12-13,17H,3,6-7,10H2,1-2H3;1,6-7,10-11,15H,4-5,8H2,2H3;1,7-8,15H,4-6H2,2H3. The third-order valence-corrected chi connectivity index (χ3v) is 19.0. The van der Waals surface area contributed by atoms with Crippen LogP contribution in [0.15, 0.2) is 48.5 Å². The van der Waals surface area contributed by atoms with E-state index in [1.807, 2.05) is 6.92 Å². The van der Waals surface area contributed by atoms with E-state index < -0.39 is 23.7 Å². The van der Waals surface area contributed by atoms with Crippen LogP contribution in [0.25, 0.3) is 0 Å². The van der Waals surface area contributed by atoms with Gasteiger partial charge in [-0.3, -0.25) is 38.4 Å². The van der Waals surface area contributed by atoms with Gasteiger partial charge in [0.25, 0.3) is 0 Å². The molecule has 452 valence electrons. The van der Waals surface area contributed by atoms with Gasteiger partial charge in [-0.25, -0.2) is 0 Å². The minimum atomic E-state index is -0.868. The zero-order chi connectivity index (χ0) is 63.0. The number of hydrogen-bond donors (Lipinski definition) is 0. The molecule has 4 bridgehead atoms. The Hall–Kier alpha value is -7.20. The van der Waals surface area contributed by atoms with Gasteiger partial charge in [-0.1, -0.05) is 82.9 Å². The molecular weight excluding hydrogens is 1190 g/mol. The van der Waals surface area contributed by atoms with Crippen LogP contribution in [0.4, 0.5) is 0 Å². The molecule has 11 rings (SSSR count). The number of carbonyl (C=O) groups excluding carboxylic acids is 8. The lowest BCUT2D eigenvalue weighted by Gasteiger charge is -2.41. The van der Waals surface area contributed by atoms with Gasteiger partial charge in [-0.05, 0) is 112 Å². The highest BCUT2D eigenvalue weighted by Gasteiger charge is 2.51. The van der Waals surface area contributed by atoms with Gasteiger partial charge in [-0.2, -0.15) is 0 Å². The summed E-state index contributed by atoms with van der Waals surface area (Å²) in [5.74, 6) is 11.3. The molecule has 1 spiro atoms. The van der Waals surface area contributed by atoms with Crippen LogP contribution in [0.1, 0.15) is 165 Å². The molecule has 4 aromatic carbocycles. The Morgan fingerprint density at radius 1 is 0.471 bits per heavy atom. The van der Waals surface area contributed by atoms with Crippen molar-refractivity contribution >= 4 is 92.7 Å². The van der Waals surface area contributed by atoms with E-state index in [9.17, 15) is 38.4 Å². The number of hydrogen-bond acceptors (Lipinski definition) is 13. The summed E-state index contributed by atoms with van der Waals surface area (Å²) in [5.41, 5.74) is 4.04. The summed E-state index contributed by atoms with van der Waals surface area (Å²) in [7, 11) is 5.96. The average Bonchev–Trinajstić information content (AvgIpc) is 1.89. The van der Waals surface area contributed by atoms with Crippen molar-refractivity contribution in [2.75, 3.05) is 41.7 Å². The lowest BCUT2D eigenvalue weighted by molar-refractivity contribution is -0.140. The van der Waals surface area contributed by atoms with Crippen LogP contribution in [0, 0.1) is 78.0 Å². The molecule has 0 radical (unpaired) electrons. The first-order chi connectivity index (χ1) is 41.7. The van der Waals surface area contributed by atoms with Gasteiger partial charge in [0.1, 0.15) is 69.8 Å². The van der Waals surface area contributed by atoms with Gasteiger partial charge < -0.3 is 23.7 Å². The zero-order valence-electron chi connectivity index (χ0n) is 49.1. The second kappa shape index (κ2) is 28.8. The Morgan fingerprint density at radius 3 is 1.10 bits per heavy atom. The van der Waals surface area contributed by atoms with Crippen LogP contribution in [0.3, 0.4) is 0 Å². The molecule has 6 aliphatic carbocycles. The molecule has 0 N–H and O–H groups in total. The lowest BCUT2D eigenvalue weighted by Crippen LogP contribution is -2.42. The number of terminal acetylenes is 3. The van der Waals surface area contributed by atoms with Crippen molar-refractivity contribution in [3.05, 3.63) is 113 Å². The number of ether oxygens (including phenoxy) is 5. The minimum Gasteiger partial charge on any atom is -0.496 e. The predicted molar refractivity (Wildman–Crippen MR) is 331 cm³/mol. The maximum Gasteiger partial charge on any atom is 0.151 e. The highest BCUT2D eigenvalue weighted by atomic mass is 35.5. The molecule has 0 aromatic heterocycles. The van der Waals surface area contributed by atoms with Gasteiger partial charge in [-0.15, -0.1) is 19.3 Å². The molecule has 7 aliphatic rings. The number of benzene rings is 4. The van der Waals surface area contributed by atoms with E-state index in [4.69, 9.17) is 89.4 Å². The first-order valence-electron chi connectivity index (χ1n) is 28.9. The van der Waals surface area contributed by atoms with Gasteiger partial charge in [0, 0.05) is 134 Å². The lowest BCUT2D eigenvalue weighted by atomic mass is 9.64. The highest BCUT2D eigenvalue weighted by molar-refractivity contribution is 6.34. The van der Waals surface area contributed by atoms with Gasteiger partial charge in [0.05, 0.1) is 28.4 Å². The van der Waals surface area contributed by atoms with Crippen molar-refractivity contribution in [3.8, 4) is 71.9 Å². The predicted octanol–water partition coefficient (Wildman–Crippen LogP) is 12.6. The summed E-state index contributed by atoms with van der Waals surface area (Å²) in [6.07, 6.45) is 25.1. The summed E-state index contributed by atoms with van der Waals surface area (Å²) in [6, 6.07) is 13.2. The summed E-state index contributed by atoms with van der Waals surface area (Å²) in [4.78, 5) is 100. The fourth-order valence-electron chi connectivity index (χ4n) is 13.4. The van der Waals surface area contributed by atoms with Crippen molar-refractivity contribution in [2.45, 2.75) is 120 Å². The molecule has 0 amide bonds. The number of carbonyl (C=O) groups is 8. The smallest absolute Gasteiger partial charge is 0.151 e. The van der Waals surface area contributed by atoms with Gasteiger partial charge in [0.15, 0.2) is 23.1 Å². The molecular formula is C70H66Cl4O13. The van der Waals surface area contributed by atoms with Crippen LogP contribution in [0.2, 0.25) is 20.1 Å². The molecule has 1 aliphatic heterocycles. The normalized spacial score (nSPS) is 22.8. The molecule has 13 nitrogen and oxygen atoms in total. The molecule has 4 aromatic rings. The van der Waals surface area contributed by atoms with Crippen molar-refractivity contribution in [1.82, 2.24) is 0 Å². The van der Waals surface area contributed by atoms with E-state index >= 15 is 0 Å². The highest BCUT2D eigenvalue weighted by Crippen LogP contribution is 2.51. The second-order valence-corrected chi connectivity index (χ2v) is 24.5. The maximum atomic E-state index is 12.8. The summed E-state index contributed by atoms with van der Waals surface area (Å²) in [5, 5.41) is 1.32. The Labute approximate surface area is 527 Å². The molecule has 4 atom stereocenters. The Balaban J connectivity index is 0.000000151. The summed E-state index contributed by atoms with van der Waals surface area (Å²) >= 11 is 25.2. The summed E-state index contributed by atoms with van der Waals surface area (Å²) in [6.45, 7) is 3.17. The van der Waals surface area contributed by atoms with E-state index in [0.717, 1.165) is 50.5 Å². The van der Waals surface area contributed by atoms with E-state index in [0.29, 0.717) is 140 Å². The molecule has 6 saturated carbocycles. The Morgan fingerprint density at radius 2 is 0.782 bits per heavy atom. The zero-order valence-corrected chi connectivity index (χ0v) is 52.1. The monoisotopic (exact) mass is 1250 g/mol. The number of fused-ring (bicyclic) bond motifs is 4. The van der Waals surface area contributed by atoms with Crippen molar-refractivity contribution < 1.29 is 62.0 Å². The van der Waals surface area contributed by atoms with Gasteiger partial charge >= 0.3 is 0 Å². The third-order valence-electron chi connectivity index (χ3n) is 17.7. The molecule has 87 heavy (non-hydrogen) atoms. The minimum absolute atomic E-state index is 0.00339. The molecule has 1 heterocycles. The van der Waals surface area contributed by atoms with E-state index in [-0.39, 0.29) is 75.4 Å². The molecule has 1 saturated heterocycles. The van der Waals surface area contributed by atoms with E-state index in [1.54, 1.807) is 48.5 Å². The number of halogens is 4. The fourth-order valence-corrected chi connectivity index (χ4v) is 14.6. The van der Waals surface area contributed by atoms with Crippen molar-refractivity contribution in [3.63, 3.8) is 0 Å². The average molecular weight is 1260 g/mol. The first-order valence-corrected chi connectivity index (χ1v) is 30.4. The number of ketones is 8. The van der Waals surface area contributed by atoms with Crippen LogP contribution >= 0.6 is 46.4 Å². The summed E-state index contributed by atoms with van der Waals surface area (Å²) < 4.78 is 26.7. The Bertz CT molecular complexity index is 3570. The van der Waals surface area contributed by atoms with Gasteiger partial charge in [0.2, 0.25) is 0 Å². The first kappa shape index (κ1) is 65.8. The molecule has 17 heteroatoms. The number of methoxy groups -OCH3 is 4. The molecule has 4 unspecified atom stereocenters. The van der Waals surface area contributed by atoms with Crippen LogP contribution in [-0.4, -0.2) is 87.9 Å².